The second kappa shape index (κ2) is 9.11. The van der Waals surface area contributed by atoms with Crippen LogP contribution < -0.4 is 15.5 Å². The number of carbonyl (C=O) groups excluding carboxylic acids is 2. The first kappa shape index (κ1) is 19.5. The lowest BCUT2D eigenvalue weighted by Gasteiger charge is -2.36. The highest BCUT2D eigenvalue weighted by atomic mass is 16.2. The van der Waals surface area contributed by atoms with Gasteiger partial charge in [-0.1, -0.05) is 18.2 Å². The van der Waals surface area contributed by atoms with E-state index in [-0.39, 0.29) is 29.9 Å². The molecule has 1 atom stereocenters. The summed E-state index contributed by atoms with van der Waals surface area (Å²) in [5.41, 5.74) is 1.25. The van der Waals surface area contributed by atoms with Gasteiger partial charge in [-0.15, -0.1) is 0 Å². The molecule has 0 saturated carbocycles. The van der Waals surface area contributed by atoms with Crippen LogP contribution in [-0.4, -0.2) is 55.1 Å². The number of nitrogens with zero attached hydrogens (tertiary/aromatic N) is 2. The second-order valence-electron chi connectivity index (χ2n) is 7.99. The molecule has 0 radical (unpaired) electrons. The number of amides is 3. The van der Waals surface area contributed by atoms with Crippen LogP contribution in [0.2, 0.25) is 0 Å². The van der Waals surface area contributed by atoms with Crippen LogP contribution in [0.3, 0.4) is 0 Å². The number of urea groups is 1. The van der Waals surface area contributed by atoms with E-state index in [0.717, 1.165) is 45.3 Å². The fourth-order valence-corrected chi connectivity index (χ4v) is 3.95. The van der Waals surface area contributed by atoms with Gasteiger partial charge in [0.2, 0.25) is 5.91 Å². The maximum atomic E-state index is 12.7. The molecule has 1 aromatic carbocycles. The van der Waals surface area contributed by atoms with Crippen molar-refractivity contribution in [2.24, 2.45) is 5.92 Å². The Hall–Kier alpha value is -2.24. The summed E-state index contributed by atoms with van der Waals surface area (Å²) < 4.78 is 0. The molecule has 2 fully saturated rings. The number of piperidine rings is 2. The Bertz CT molecular complexity index is 626. The second-order valence-corrected chi connectivity index (χ2v) is 7.99. The third kappa shape index (κ3) is 5.37. The molecule has 148 valence electrons. The van der Waals surface area contributed by atoms with E-state index in [2.05, 4.69) is 39.8 Å². The molecular weight excluding hydrogens is 340 g/mol. The minimum atomic E-state index is -0.0937. The number of carbonyl (C=O) groups is 2. The molecule has 27 heavy (non-hydrogen) atoms. The topological polar surface area (TPSA) is 64.7 Å². The van der Waals surface area contributed by atoms with Gasteiger partial charge >= 0.3 is 6.03 Å². The summed E-state index contributed by atoms with van der Waals surface area (Å²) in [7, 11) is 0. The number of benzene rings is 1. The molecule has 2 N–H and O–H groups in total. The lowest BCUT2D eigenvalue weighted by Crippen LogP contribution is -2.52. The van der Waals surface area contributed by atoms with Crippen LogP contribution in [-0.2, 0) is 4.79 Å². The van der Waals surface area contributed by atoms with Crippen LogP contribution in [0.25, 0.3) is 0 Å². The van der Waals surface area contributed by atoms with Gasteiger partial charge in [-0.05, 0) is 51.7 Å². The summed E-state index contributed by atoms with van der Waals surface area (Å²) in [6.07, 6.45) is 3.67. The minimum Gasteiger partial charge on any atom is -0.371 e. The molecule has 2 heterocycles. The van der Waals surface area contributed by atoms with Gasteiger partial charge in [0.25, 0.3) is 0 Å². The smallest absolute Gasteiger partial charge is 0.317 e. The maximum Gasteiger partial charge on any atom is 0.317 e. The third-order valence-corrected chi connectivity index (χ3v) is 5.45. The van der Waals surface area contributed by atoms with Crippen LogP contribution in [0.15, 0.2) is 30.3 Å². The zero-order valence-corrected chi connectivity index (χ0v) is 16.5. The van der Waals surface area contributed by atoms with Crippen molar-refractivity contribution in [3.05, 3.63) is 30.3 Å². The van der Waals surface area contributed by atoms with Gasteiger partial charge in [0, 0.05) is 44.0 Å². The van der Waals surface area contributed by atoms with Crippen LogP contribution in [0.4, 0.5) is 10.5 Å². The Labute approximate surface area is 162 Å². The highest BCUT2D eigenvalue weighted by molar-refractivity contribution is 5.81. The SMILES string of the molecule is CC(C)NC(=O)N1CCC[C@H](C(=O)NC2CCN(c3ccccc3)CC2)C1. The lowest BCUT2D eigenvalue weighted by atomic mass is 9.96. The van der Waals surface area contributed by atoms with Gasteiger partial charge in [-0.25, -0.2) is 4.79 Å². The van der Waals surface area contributed by atoms with Crippen molar-refractivity contribution in [2.45, 2.75) is 51.6 Å². The zero-order valence-electron chi connectivity index (χ0n) is 16.5. The molecule has 3 rings (SSSR count). The largest absolute Gasteiger partial charge is 0.371 e. The van der Waals surface area contributed by atoms with Crippen molar-refractivity contribution in [1.29, 1.82) is 0 Å². The fraction of sp³-hybridized carbons (Fsp3) is 0.619. The van der Waals surface area contributed by atoms with E-state index in [1.807, 2.05) is 19.9 Å². The van der Waals surface area contributed by atoms with Crippen molar-refractivity contribution >= 4 is 17.6 Å². The van der Waals surface area contributed by atoms with E-state index in [1.54, 1.807) is 4.90 Å². The Morgan fingerprint density at radius 1 is 1.04 bits per heavy atom. The first-order chi connectivity index (χ1) is 13.0. The molecular formula is C21H32N4O2. The Kier molecular flexibility index (Phi) is 6.58. The molecule has 6 nitrogen and oxygen atoms in total. The zero-order chi connectivity index (χ0) is 19.2. The molecule has 6 heteroatoms. The fourth-order valence-electron chi connectivity index (χ4n) is 3.95. The van der Waals surface area contributed by atoms with E-state index in [4.69, 9.17) is 0 Å². The van der Waals surface area contributed by atoms with Gasteiger partial charge in [-0.3, -0.25) is 4.79 Å². The molecule has 1 aromatic rings. The predicted octanol–water partition coefficient (Wildman–Crippen LogP) is 2.60. The summed E-state index contributed by atoms with van der Waals surface area (Å²) in [6.45, 7) is 7.08. The van der Waals surface area contributed by atoms with Crippen LogP contribution in [0.1, 0.15) is 39.5 Å². The van der Waals surface area contributed by atoms with Gasteiger partial charge in [0.15, 0.2) is 0 Å². The number of para-hydroxylation sites is 1. The first-order valence-corrected chi connectivity index (χ1v) is 10.2. The summed E-state index contributed by atoms with van der Waals surface area (Å²) in [5, 5.41) is 6.16. The van der Waals surface area contributed by atoms with Crippen molar-refractivity contribution in [3.63, 3.8) is 0 Å². The minimum absolute atomic E-state index is 0.0568. The van der Waals surface area contributed by atoms with Crippen LogP contribution >= 0.6 is 0 Å². The van der Waals surface area contributed by atoms with Gasteiger partial charge < -0.3 is 20.4 Å². The molecule has 2 saturated heterocycles. The quantitative estimate of drug-likeness (QED) is 0.854. The number of hydrogen-bond donors (Lipinski definition) is 2. The number of hydrogen-bond acceptors (Lipinski definition) is 3. The molecule has 3 amide bonds. The van der Waals surface area contributed by atoms with Crippen molar-refractivity contribution < 1.29 is 9.59 Å². The van der Waals surface area contributed by atoms with Crippen molar-refractivity contribution in [1.82, 2.24) is 15.5 Å². The molecule has 0 aromatic heterocycles. The molecule has 0 bridgehead atoms. The first-order valence-electron chi connectivity index (χ1n) is 10.2. The lowest BCUT2D eigenvalue weighted by molar-refractivity contribution is -0.127. The Balaban J connectivity index is 1.46. The van der Waals surface area contributed by atoms with Crippen LogP contribution in [0.5, 0.6) is 0 Å². The highest BCUT2D eigenvalue weighted by Gasteiger charge is 2.30. The Morgan fingerprint density at radius 2 is 1.74 bits per heavy atom. The Morgan fingerprint density at radius 3 is 2.41 bits per heavy atom. The summed E-state index contributed by atoms with van der Waals surface area (Å²) in [4.78, 5) is 29.1. The average molecular weight is 373 g/mol. The van der Waals surface area contributed by atoms with E-state index in [0.29, 0.717) is 6.54 Å². The summed E-state index contributed by atoms with van der Waals surface area (Å²) >= 11 is 0. The van der Waals surface area contributed by atoms with Gasteiger partial charge in [0.05, 0.1) is 5.92 Å². The molecule has 0 aliphatic carbocycles. The normalized spacial score (nSPS) is 21.2. The monoisotopic (exact) mass is 372 g/mol. The van der Waals surface area contributed by atoms with Gasteiger partial charge in [-0.2, -0.15) is 0 Å². The van der Waals surface area contributed by atoms with Gasteiger partial charge in [0.1, 0.15) is 0 Å². The van der Waals surface area contributed by atoms with E-state index in [9.17, 15) is 9.59 Å². The number of anilines is 1. The standard InChI is InChI=1S/C21H32N4O2/c1-16(2)22-21(27)25-12-6-7-17(15-25)20(26)23-18-10-13-24(14-11-18)19-8-4-3-5-9-19/h3-5,8-9,16-18H,6-7,10-15H2,1-2H3,(H,22,27)(H,23,26)/t17-/m0/s1. The molecule has 0 spiro atoms. The van der Waals surface area contributed by atoms with E-state index < -0.39 is 0 Å². The number of nitrogens with one attached hydrogen (secondary N) is 2. The van der Waals surface area contributed by atoms with E-state index in [1.165, 1.54) is 5.69 Å². The molecule has 2 aliphatic heterocycles. The average Bonchev–Trinajstić information content (AvgIpc) is 2.69. The molecule has 2 aliphatic rings. The summed E-state index contributed by atoms with van der Waals surface area (Å²) in [5.74, 6) is 0.0130. The number of likely N-dealkylation sites (tertiary alicyclic amines) is 1. The summed E-state index contributed by atoms with van der Waals surface area (Å²) in [6, 6.07) is 10.7. The van der Waals surface area contributed by atoms with Crippen molar-refractivity contribution in [3.8, 4) is 0 Å². The number of rotatable bonds is 4. The molecule has 0 unspecified atom stereocenters. The van der Waals surface area contributed by atoms with E-state index >= 15 is 0 Å². The third-order valence-electron chi connectivity index (χ3n) is 5.45. The maximum absolute atomic E-state index is 12.7. The highest BCUT2D eigenvalue weighted by Crippen LogP contribution is 2.21. The van der Waals surface area contributed by atoms with Crippen LogP contribution in [0, 0.1) is 5.92 Å². The predicted molar refractivity (Wildman–Crippen MR) is 108 cm³/mol. The van der Waals surface area contributed by atoms with Crippen molar-refractivity contribution in [2.75, 3.05) is 31.1 Å².